The van der Waals surface area contributed by atoms with E-state index >= 15 is 0 Å². The van der Waals surface area contributed by atoms with Crippen LogP contribution < -0.4 is 10.1 Å². The lowest BCUT2D eigenvalue weighted by Crippen LogP contribution is -2.41. The van der Waals surface area contributed by atoms with Gasteiger partial charge in [-0.1, -0.05) is 13.0 Å². The van der Waals surface area contributed by atoms with Crippen LogP contribution in [0.2, 0.25) is 0 Å². The SMILES string of the molecule is CCCOc1ccc(CNC2=NCCCN2C)c(C)c1. The molecule has 0 unspecified atom stereocenters. The Morgan fingerprint density at radius 1 is 1.40 bits per heavy atom. The van der Waals surface area contributed by atoms with E-state index in [9.17, 15) is 0 Å². The third kappa shape index (κ3) is 3.89. The van der Waals surface area contributed by atoms with Crippen LogP contribution in [0.25, 0.3) is 0 Å². The van der Waals surface area contributed by atoms with Crippen LogP contribution in [0.4, 0.5) is 0 Å². The van der Waals surface area contributed by atoms with Crippen molar-refractivity contribution in [3.63, 3.8) is 0 Å². The molecule has 1 aliphatic heterocycles. The normalized spacial score (nSPS) is 14.9. The number of ether oxygens (including phenoxy) is 1. The van der Waals surface area contributed by atoms with E-state index in [0.29, 0.717) is 0 Å². The van der Waals surface area contributed by atoms with Gasteiger partial charge in [-0.2, -0.15) is 0 Å². The van der Waals surface area contributed by atoms with Crippen LogP contribution in [-0.4, -0.2) is 37.6 Å². The minimum atomic E-state index is 0.776. The summed E-state index contributed by atoms with van der Waals surface area (Å²) in [4.78, 5) is 6.70. The predicted octanol–water partition coefficient (Wildman–Crippen LogP) is 2.56. The van der Waals surface area contributed by atoms with E-state index in [4.69, 9.17) is 4.74 Å². The molecule has 1 aliphatic rings. The number of benzene rings is 1. The maximum absolute atomic E-state index is 5.65. The number of hydrogen-bond acceptors (Lipinski definition) is 4. The molecule has 4 heteroatoms. The number of rotatable bonds is 5. The van der Waals surface area contributed by atoms with Crippen molar-refractivity contribution >= 4 is 5.96 Å². The molecule has 1 aromatic carbocycles. The molecular formula is C16H25N3O. The zero-order valence-electron chi connectivity index (χ0n) is 12.8. The largest absolute Gasteiger partial charge is 0.494 e. The summed E-state index contributed by atoms with van der Waals surface area (Å²) in [6.45, 7) is 7.83. The lowest BCUT2D eigenvalue weighted by atomic mass is 10.1. The Bertz CT molecular complexity index is 471. The van der Waals surface area contributed by atoms with Crippen LogP contribution in [0.1, 0.15) is 30.9 Å². The summed E-state index contributed by atoms with van der Waals surface area (Å²) in [5, 5.41) is 3.43. The summed E-state index contributed by atoms with van der Waals surface area (Å²) in [6.07, 6.45) is 2.18. The molecule has 0 radical (unpaired) electrons. The lowest BCUT2D eigenvalue weighted by molar-refractivity contribution is 0.317. The summed E-state index contributed by atoms with van der Waals surface area (Å²) in [5.74, 6) is 1.96. The highest BCUT2D eigenvalue weighted by Gasteiger charge is 2.10. The van der Waals surface area contributed by atoms with Gasteiger partial charge in [-0.25, -0.2) is 0 Å². The Kier molecular flexibility index (Phi) is 5.27. The van der Waals surface area contributed by atoms with Gasteiger partial charge in [0.1, 0.15) is 5.75 Å². The fourth-order valence-corrected chi connectivity index (χ4v) is 2.26. The average molecular weight is 275 g/mol. The lowest BCUT2D eigenvalue weighted by Gasteiger charge is -2.26. The van der Waals surface area contributed by atoms with E-state index in [0.717, 1.165) is 50.8 Å². The Hall–Kier alpha value is -1.71. The van der Waals surface area contributed by atoms with Gasteiger partial charge >= 0.3 is 0 Å². The molecule has 0 fully saturated rings. The first-order valence-electron chi connectivity index (χ1n) is 7.42. The summed E-state index contributed by atoms with van der Waals surface area (Å²) in [5.41, 5.74) is 2.54. The van der Waals surface area contributed by atoms with Gasteiger partial charge in [-0.05, 0) is 43.0 Å². The second-order valence-electron chi connectivity index (χ2n) is 5.27. The Morgan fingerprint density at radius 3 is 2.95 bits per heavy atom. The van der Waals surface area contributed by atoms with E-state index in [2.05, 4.69) is 48.2 Å². The molecule has 0 bridgehead atoms. The van der Waals surface area contributed by atoms with Gasteiger partial charge in [0, 0.05) is 26.7 Å². The van der Waals surface area contributed by atoms with Gasteiger partial charge in [-0.3, -0.25) is 4.99 Å². The molecule has 0 saturated carbocycles. The Morgan fingerprint density at radius 2 is 2.25 bits per heavy atom. The van der Waals surface area contributed by atoms with Gasteiger partial charge < -0.3 is 15.0 Å². The zero-order valence-corrected chi connectivity index (χ0v) is 12.8. The van der Waals surface area contributed by atoms with Gasteiger partial charge in [0.15, 0.2) is 5.96 Å². The van der Waals surface area contributed by atoms with E-state index in [1.165, 1.54) is 11.1 Å². The first kappa shape index (κ1) is 14.7. The van der Waals surface area contributed by atoms with Gasteiger partial charge in [0.2, 0.25) is 0 Å². The maximum atomic E-state index is 5.65. The van der Waals surface area contributed by atoms with Crippen molar-refractivity contribution in [2.45, 2.75) is 33.2 Å². The minimum absolute atomic E-state index is 0.776. The van der Waals surface area contributed by atoms with Crippen molar-refractivity contribution in [3.05, 3.63) is 29.3 Å². The monoisotopic (exact) mass is 275 g/mol. The highest BCUT2D eigenvalue weighted by molar-refractivity contribution is 5.80. The van der Waals surface area contributed by atoms with Gasteiger partial charge in [-0.15, -0.1) is 0 Å². The van der Waals surface area contributed by atoms with Crippen LogP contribution >= 0.6 is 0 Å². The van der Waals surface area contributed by atoms with E-state index in [1.807, 2.05) is 6.07 Å². The molecule has 1 N–H and O–H groups in total. The van der Waals surface area contributed by atoms with Crippen LogP contribution in [0, 0.1) is 6.92 Å². The fraction of sp³-hybridized carbons (Fsp3) is 0.562. The van der Waals surface area contributed by atoms with Crippen molar-refractivity contribution in [1.29, 1.82) is 0 Å². The number of guanidine groups is 1. The second-order valence-corrected chi connectivity index (χ2v) is 5.27. The van der Waals surface area contributed by atoms with Crippen molar-refractivity contribution in [1.82, 2.24) is 10.2 Å². The first-order chi connectivity index (χ1) is 9.70. The third-order valence-electron chi connectivity index (χ3n) is 3.50. The minimum Gasteiger partial charge on any atom is -0.494 e. The maximum Gasteiger partial charge on any atom is 0.193 e. The molecule has 0 amide bonds. The number of nitrogens with zero attached hydrogens (tertiary/aromatic N) is 2. The first-order valence-corrected chi connectivity index (χ1v) is 7.42. The number of aryl methyl sites for hydroxylation is 1. The smallest absolute Gasteiger partial charge is 0.193 e. The molecule has 0 aromatic heterocycles. The molecule has 0 atom stereocenters. The molecular weight excluding hydrogens is 250 g/mol. The predicted molar refractivity (Wildman–Crippen MR) is 83.4 cm³/mol. The van der Waals surface area contributed by atoms with Crippen LogP contribution in [-0.2, 0) is 6.54 Å². The highest BCUT2D eigenvalue weighted by atomic mass is 16.5. The Balaban J connectivity index is 1.94. The van der Waals surface area contributed by atoms with Crippen LogP contribution in [0.5, 0.6) is 5.75 Å². The fourth-order valence-electron chi connectivity index (χ4n) is 2.26. The molecule has 2 rings (SSSR count). The molecule has 1 heterocycles. The summed E-state index contributed by atoms with van der Waals surface area (Å²) in [7, 11) is 2.08. The summed E-state index contributed by atoms with van der Waals surface area (Å²) in [6, 6.07) is 6.29. The molecule has 110 valence electrons. The molecule has 0 aliphatic carbocycles. The number of aliphatic imine (C=N–C) groups is 1. The van der Waals surface area contributed by atoms with Crippen LogP contribution in [0.3, 0.4) is 0 Å². The third-order valence-corrected chi connectivity index (χ3v) is 3.50. The molecule has 20 heavy (non-hydrogen) atoms. The van der Waals surface area contributed by atoms with Crippen molar-refractivity contribution in [3.8, 4) is 5.75 Å². The van der Waals surface area contributed by atoms with E-state index in [-0.39, 0.29) is 0 Å². The van der Waals surface area contributed by atoms with Crippen molar-refractivity contribution in [2.75, 3.05) is 26.7 Å². The highest BCUT2D eigenvalue weighted by Crippen LogP contribution is 2.17. The van der Waals surface area contributed by atoms with E-state index < -0.39 is 0 Å². The molecule has 1 aromatic rings. The van der Waals surface area contributed by atoms with Gasteiger partial charge in [0.25, 0.3) is 0 Å². The average Bonchev–Trinajstić information content (AvgIpc) is 2.45. The quantitative estimate of drug-likeness (QED) is 0.897. The summed E-state index contributed by atoms with van der Waals surface area (Å²) >= 11 is 0. The zero-order chi connectivity index (χ0) is 14.4. The molecule has 0 saturated heterocycles. The number of nitrogens with one attached hydrogen (secondary N) is 1. The van der Waals surface area contributed by atoms with Crippen molar-refractivity contribution < 1.29 is 4.74 Å². The topological polar surface area (TPSA) is 36.9 Å². The second kappa shape index (κ2) is 7.17. The number of hydrogen-bond donors (Lipinski definition) is 1. The van der Waals surface area contributed by atoms with Crippen LogP contribution in [0.15, 0.2) is 23.2 Å². The molecule has 4 nitrogen and oxygen atoms in total. The summed E-state index contributed by atoms with van der Waals surface area (Å²) < 4.78 is 5.65. The van der Waals surface area contributed by atoms with Gasteiger partial charge in [0.05, 0.1) is 6.61 Å². The molecule has 0 spiro atoms. The van der Waals surface area contributed by atoms with E-state index in [1.54, 1.807) is 0 Å². The van der Waals surface area contributed by atoms with Crippen molar-refractivity contribution in [2.24, 2.45) is 4.99 Å². The Labute approximate surface area is 121 Å². The standard InChI is InChI=1S/C16H25N3O/c1-4-10-20-15-7-6-14(13(2)11-15)12-18-16-17-8-5-9-19(16)3/h6-7,11H,4-5,8-10,12H2,1-3H3,(H,17,18).